The Morgan fingerprint density at radius 3 is 2.42 bits per heavy atom. The van der Waals surface area contributed by atoms with Crippen molar-refractivity contribution >= 4 is 17.9 Å². The van der Waals surface area contributed by atoms with E-state index in [4.69, 9.17) is 16.6 Å². The second kappa shape index (κ2) is 6.93. The number of rotatable bonds is 5. The van der Waals surface area contributed by atoms with E-state index in [1.165, 1.54) is 0 Å². The minimum atomic E-state index is -1.32. The van der Waals surface area contributed by atoms with Crippen molar-refractivity contribution in [3.05, 3.63) is 0 Å². The van der Waals surface area contributed by atoms with Gasteiger partial charge in [0.1, 0.15) is 6.04 Å². The third kappa shape index (κ3) is 5.12. The highest BCUT2D eigenvalue weighted by atomic mass is 16.4. The molecule has 0 saturated heterocycles. The highest BCUT2D eigenvalue weighted by Crippen LogP contribution is 2.16. The van der Waals surface area contributed by atoms with Crippen molar-refractivity contribution in [3.8, 4) is 0 Å². The molecule has 1 aliphatic carbocycles. The lowest BCUT2D eigenvalue weighted by molar-refractivity contribution is -0.140. The molecule has 1 saturated carbocycles. The molecule has 0 radical (unpaired) electrons. The van der Waals surface area contributed by atoms with Crippen LogP contribution in [0, 0.1) is 0 Å². The smallest absolute Gasteiger partial charge is 0.326 e. The van der Waals surface area contributed by atoms with Gasteiger partial charge in [0.05, 0.1) is 6.42 Å². The van der Waals surface area contributed by atoms with Crippen LogP contribution in [0.5, 0.6) is 0 Å². The van der Waals surface area contributed by atoms with Crippen LogP contribution < -0.4 is 22.1 Å². The van der Waals surface area contributed by atoms with E-state index in [2.05, 4.69) is 10.6 Å². The zero-order chi connectivity index (χ0) is 14.4. The van der Waals surface area contributed by atoms with E-state index >= 15 is 0 Å². The van der Waals surface area contributed by atoms with Gasteiger partial charge in [0.25, 0.3) is 0 Å². The Morgan fingerprint density at radius 1 is 1.26 bits per heavy atom. The van der Waals surface area contributed by atoms with Gasteiger partial charge in [-0.05, 0) is 12.8 Å². The van der Waals surface area contributed by atoms with E-state index in [1.807, 2.05) is 0 Å². The summed E-state index contributed by atoms with van der Waals surface area (Å²) >= 11 is 0. The number of hydrogen-bond donors (Lipinski definition) is 5. The predicted octanol–water partition coefficient (Wildman–Crippen LogP) is -1.12. The molecule has 0 aromatic carbocycles. The fourth-order valence-electron chi connectivity index (χ4n) is 2.11. The van der Waals surface area contributed by atoms with Crippen LogP contribution in [0.25, 0.3) is 0 Å². The predicted molar refractivity (Wildman–Crippen MR) is 67.1 cm³/mol. The van der Waals surface area contributed by atoms with Crippen molar-refractivity contribution in [2.24, 2.45) is 11.5 Å². The van der Waals surface area contributed by atoms with E-state index in [9.17, 15) is 14.4 Å². The number of primary amides is 1. The molecule has 0 heterocycles. The van der Waals surface area contributed by atoms with E-state index in [0.29, 0.717) is 0 Å². The molecule has 3 amide bonds. The van der Waals surface area contributed by atoms with Crippen LogP contribution in [0.15, 0.2) is 0 Å². The number of nitrogens with two attached hydrogens (primary N) is 2. The summed E-state index contributed by atoms with van der Waals surface area (Å²) in [6, 6.07) is -2.26. The van der Waals surface area contributed by atoms with Crippen molar-refractivity contribution in [1.82, 2.24) is 10.6 Å². The summed E-state index contributed by atoms with van der Waals surface area (Å²) in [6.45, 7) is 0. The van der Waals surface area contributed by atoms with E-state index in [1.54, 1.807) is 0 Å². The van der Waals surface area contributed by atoms with Gasteiger partial charge in [-0.15, -0.1) is 0 Å². The molecule has 7 N–H and O–H groups in total. The molecule has 8 nitrogen and oxygen atoms in total. The quantitative estimate of drug-likeness (QED) is 0.430. The third-order valence-electron chi connectivity index (χ3n) is 3.14. The number of carboxylic acid groups (broad SMARTS) is 1. The van der Waals surface area contributed by atoms with Gasteiger partial charge < -0.3 is 27.2 Å². The number of carboxylic acids is 1. The van der Waals surface area contributed by atoms with Gasteiger partial charge in [-0.1, -0.05) is 12.8 Å². The number of carbonyl (C=O) groups is 3. The van der Waals surface area contributed by atoms with Crippen LogP contribution in [0.2, 0.25) is 0 Å². The molecule has 108 valence electrons. The molecule has 19 heavy (non-hydrogen) atoms. The lowest BCUT2D eigenvalue weighted by atomic mass is 9.91. The third-order valence-corrected chi connectivity index (χ3v) is 3.14. The van der Waals surface area contributed by atoms with E-state index in [0.717, 1.165) is 25.7 Å². The second-order valence-electron chi connectivity index (χ2n) is 4.73. The first-order valence-corrected chi connectivity index (χ1v) is 6.24. The summed E-state index contributed by atoms with van der Waals surface area (Å²) in [5.74, 6) is -2.09. The van der Waals surface area contributed by atoms with Crippen molar-refractivity contribution in [3.63, 3.8) is 0 Å². The van der Waals surface area contributed by atoms with Crippen molar-refractivity contribution in [2.75, 3.05) is 0 Å². The monoisotopic (exact) mass is 272 g/mol. The number of nitrogens with one attached hydrogen (secondary N) is 2. The molecular weight excluding hydrogens is 252 g/mol. The summed E-state index contributed by atoms with van der Waals surface area (Å²) in [5.41, 5.74) is 10.8. The largest absolute Gasteiger partial charge is 0.480 e. The standard InChI is InChI=1S/C11H20N4O4/c12-6-3-1-2-4-7(6)14-11(19)15-8(10(17)18)5-9(13)16/h6-8H,1-5,12H2,(H2,13,16)(H,17,18)(H2,14,15,19). The number of carbonyl (C=O) groups excluding carboxylic acids is 2. The van der Waals surface area contributed by atoms with Crippen LogP contribution in [0.3, 0.4) is 0 Å². The minimum absolute atomic E-state index is 0.126. The molecule has 3 atom stereocenters. The molecule has 0 aliphatic heterocycles. The first-order chi connectivity index (χ1) is 8.90. The molecule has 1 rings (SSSR count). The summed E-state index contributed by atoms with van der Waals surface area (Å²) in [4.78, 5) is 33.2. The summed E-state index contributed by atoms with van der Waals surface area (Å²) < 4.78 is 0. The molecule has 0 spiro atoms. The van der Waals surface area contributed by atoms with Gasteiger partial charge in [-0.2, -0.15) is 0 Å². The minimum Gasteiger partial charge on any atom is -0.480 e. The maximum atomic E-state index is 11.7. The summed E-state index contributed by atoms with van der Waals surface area (Å²) in [5, 5.41) is 13.7. The maximum Gasteiger partial charge on any atom is 0.326 e. The molecule has 1 fully saturated rings. The Bertz CT molecular complexity index is 361. The molecule has 0 aromatic heterocycles. The average Bonchev–Trinajstić information content (AvgIpc) is 2.30. The van der Waals surface area contributed by atoms with Crippen LogP contribution >= 0.6 is 0 Å². The zero-order valence-electron chi connectivity index (χ0n) is 10.6. The van der Waals surface area contributed by atoms with Crippen LogP contribution in [0.4, 0.5) is 4.79 Å². The molecule has 0 aromatic rings. The Kier molecular flexibility index (Phi) is 5.56. The topological polar surface area (TPSA) is 148 Å². The van der Waals surface area contributed by atoms with Crippen molar-refractivity contribution in [2.45, 2.75) is 50.2 Å². The Balaban J connectivity index is 2.47. The number of urea groups is 1. The summed E-state index contributed by atoms with van der Waals surface area (Å²) in [6.07, 6.45) is 3.15. The van der Waals surface area contributed by atoms with Crippen molar-refractivity contribution in [1.29, 1.82) is 0 Å². The number of amides is 3. The highest BCUT2D eigenvalue weighted by Gasteiger charge is 2.26. The molecule has 1 aliphatic rings. The average molecular weight is 272 g/mol. The lowest BCUT2D eigenvalue weighted by Gasteiger charge is -2.29. The fourth-order valence-corrected chi connectivity index (χ4v) is 2.11. The zero-order valence-corrected chi connectivity index (χ0v) is 10.6. The maximum absolute atomic E-state index is 11.7. The van der Waals surface area contributed by atoms with Gasteiger partial charge in [-0.25, -0.2) is 9.59 Å². The van der Waals surface area contributed by atoms with Crippen molar-refractivity contribution < 1.29 is 19.5 Å². The van der Waals surface area contributed by atoms with E-state index in [-0.39, 0.29) is 12.1 Å². The Morgan fingerprint density at radius 2 is 1.89 bits per heavy atom. The molecular formula is C11H20N4O4. The van der Waals surface area contributed by atoms with Gasteiger partial charge >= 0.3 is 12.0 Å². The lowest BCUT2D eigenvalue weighted by Crippen LogP contribution is -2.55. The molecule has 0 bridgehead atoms. The second-order valence-corrected chi connectivity index (χ2v) is 4.73. The molecule has 8 heteroatoms. The van der Waals surface area contributed by atoms with Gasteiger partial charge in [0, 0.05) is 12.1 Å². The fraction of sp³-hybridized carbons (Fsp3) is 0.727. The van der Waals surface area contributed by atoms with Crippen LogP contribution in [0.1, 0.15) is 32.1 Å². The first-order valence-electron chi connectivity index (χ1n) is 6.24. The Hall–Kier alpha value is -1.83. The van der Waals surface area contributed by atoms with Crippen LogP contribution in [-0.4, -0.2) is 41.1 Å². The Labute approximate surface area is 110 Å². The summed E-state index contributed by atoms with van der Waals surface area (Å²) in [7, 11) is 0. The van der Waals surface area contributed by atoms with E-state index < -0.39 is 30.4 Å². The molecule has 3 unspecified atom stereocenters. The highest BCUT2D eigenvalue weighted by molar-refractivity contribution is 5.87. The van der Waals surface area contributed by atoms with Gasteiger partial charge in [0.2, 0.25) is 5.91 Å². The number of hydrogen-bond acceptors (Lipinski definition) is 4. The number of aliphatic carboxylic acids is 1. The van der Waals surface area contributed by atoms with Gasteiger partial charge in [0.15, 0.2) is 0 Å². The van der Waals surface area contributed by atoms with Crippen LogP contribution in [-0.2, 0) is 9.59 Å². The normalized spacial score (nSPS) is 24.3. The van der Waals surface area contributed by atoms with Gasteiger partial charge in [-0.3, -0.25) is 4.79 Å². The SMILES string of the molecule is NC(=O)CC(NC(=O)NC1CCCCC1N)C(=O)O. The first kappa shape index (κ1) is 15.2.